The molecule has 0 N–H and O–H groups in total. The summed E-state index contributed by atoms with van der Waals surface area (Å²) in [5, 5.41) is 0. The van der Waals surface area contributed by atoms with Gasteiger partial charge < -0.3 is 0 Å². The highest BCUT2D eigenvalue weighted by Gasteiger charge is 2.59. The van der Waals surface area contributed by atoms with E-state index in [-0.39, 0.29) is 14.7 Å². The second kappa shape index (κ2) is 9.44. The van der Waals surface area contributed by atoms with Crippen molar-refractivity contribution in [2.75, 3.05) is 0 Å². The smallest absolute Gasteiger partial charge is 0.191 e. The lowest BCUT2D eigenvalue weighted by atomic mass is 10.1. The molecule has 3 aromatic rings. The minimum Gasteiger partial charge on any atom is -0.191 e. The highest BCUT2D eigenvalue weighted by Crippen LogP contribution is 2.46. The molecule has 200 valence electrons. The van der Waals surface area contributed by atoms with Crippen LogP contribution in [0.1, 0.15) is 16.7 Å². The number of halogens is 13. The predicted octanol–water partition coefficient (Wildman–Crippen LogP) is 9.11. The number of benzene rings is 3. The van der Waals surface area contributed by atoms with Crippen molar-refractivity contribution in [3.8, 4) is 0 Å². The summed E-state index contributed by atoms with van der Waals surface area (Å²) in [7, 11) is -1.72. The molecule has 3 rings (SSSR count). The average molecular weight is 567 g/mol. The van der Waals surface area contributed by atoms with Gasteiger partial charge in [0.25, 0.3) is 0 Å². The molecule has 0 aliphatic rings. The van der Waals surface area contributed by atoms with Crippen molar-refractivity contribution >= 4 is 10.9 Å². The average Bonchev–Trinajstić information content (AvgIpc) is 2.78. The number of alkyl halides is 13. The van der Waals surface area contributed by atoms with E-state index in [0.717, 1.165) is 36.4 Å². The van der Waals surface area contributed by atoms with E-state index in [1.54, 1.807) is 0 Å². The maximum atomic E-state index is 13.7. The molecular formula is C23H12F13S+. The zero-order valence-electron chi connectivity index (χ0n) is 17.7. The molecule has 0 spiro atoms. The van der Waals surface area contributed by atoms with Crippen LogP contribution >= 0.6 is 0 Å². The molecule has 0 saturated heterocycles. The van der Waals surface area contributed by atoms with Gasteiger partial charge in [-0.15, -0.1) is 0 Å². The minimum absolute atomic E-state index is 0.101. The Labute approximate surface area is 203 Å². The normalized spacial score (nSPS) is 13.8. The van der Waals surface area contributed by atoms with E-state index in [0.29, 0.717) is 36.4 Å². The van der Waals surface area contributed by atoms with Gasteiger partial charge in [0.15, 0.2) is 14.7 Å². The molecule has 0 atom stereocenters. The molecule has 14 heteroatoms. The molecule has 0 saturated carbocycles. The van der Waals surface area contributed by atoms with Crippen molar-refractivity contribution in [3.05, 3.63) is 89.5 Å². The van der Waals surface area contributed by atoms with E-state index >= 15 is 0 Å². The van der Waals surface area contributed by atoms with Crippen LogP contribution in [-0.2, 0) is 28.9 Å². The lowest BCUT2D eigenvalue weighted by Gasteiger charge is -2.20. The first kappa shape index (κ1) is 28.7. The molecule has 0 aliphatic heterocycles. The van der Waals surface area contributed by atoms with E-state index in [2.05, 4.69) is 0 Å². The van der Waals surface area contributed by atoms with Crippen LogP contribution in [0.3, 0.4) is 0 Å². The third kappa shape index (κ3) is 5.68. The van der Waals surface area contributed by atoms with E-state index in [1.807, 2.05) is 0 Å². The fourth-order valence-electron chi connectivity index (χ4n) is 3.14. The molecule has 0 aromatic heterocycles. The van der Waals surface area contributed by atoms with Gasteiger partial charge in [0.2, 0.25) is 0 Å². The summed E-state index contributed by atoms with van der Waals surface area (Å²) in [6.45, 7) is 0. The van der Waals surface area contributed by atoms with Gasteiger partial charge in [-0.3, -0.25) is 0 Å². The monoisotopic (exact) mass is 567 g/mol. The lowest BCUT2D eigenvalue weighted by Crippen LogP contribution is -2.33. The van der Waals surface area contributed by atoms with Crippen LogP contribution in [0.25, 0.3) is 0 Å². The Kier molecular flexibility index (Phi) is 7.32. The van der Waals surface area contributed by atoms with Gasteiger partial charge in [-0.1, -0.05) is 6.07 Å². The largest absolute Gasteiger partial charge is 0.458 e. The Hall–Kier alpha value is -2.90. The second-order valence-electron chi connectivity index (χ2n) is 7.52. The summed E-state index contributed by atoms with van der Waals surface area (Å²) in [5.74, 6) is -10.5. The lowest BCUT2D eigenvalue weighted by molar-refractivity contribution is -0.289. The maximum absolute atomic E-state index is 13.7. The summed E-state index contributed by atoms with van der Waals surface area (Å²) in [6.07, 6.45) is -16.7. The fourth-order valence-corrected chi connectivity index (χ4v) is 5.23. The summed E-state index contributed by atoms with van der Waals surface area (Å²) in [5.41, 5.74) is -4.07. The molecule has 0 amide bonds. The topological polar surface area (TPSA) is 0 Å². The molecule has 0 bridgehead atoms. The van der Waals surface area contributed by atoms with Gasteiger partial charge >= 0.3 is 30.4 Å². The van der Waals surface area contributed by atoms with Crippen LogP contribution in [0.15, 0.2) is 87.5 Å². The Morgan fingerprint density at radius 1 is 0.405 bits per heavy atom. The second-order valence-corrected chi connectivity index (χ2v) is 9.55. The van der Waals surface area contributed by atoms with Gasteiger partial charge in [-0.25, -0.2) is 0 Å². The van der Waals surface area contributed by atoms with Crippen LogP contribution in [-0.4, -0.2) is 12.4 Å². The van der Waals surface area contributed by atoms with Crippen LogP contribution in [0, 0.1) is 0 Å². The zero-order chi connectivity index (χ0) is 28.0. The quantitative estimate of drug-likeness (QED) is 0.213. The third-order valence-corrected chi connectivity index (χ3v) is 7.23. The number of hydrogen-bond acceptors (Lipinski definition) is 0. The molecule has 37 heavy (non-hydrogen) atoms. The molecule has 3 aromatic carbocycles. The fraction of sp³-hybridized carbons (Fsp3) is 0.217. The molecule has 0 heterocycles. The Balaban J connectivity index is 2.14. The van der Waals surface area contributed by atoms with E-state index in [1.165, 1.54) is 0 Å². The first-order chi connectivity index (χ1) is 16.8. The van der Waals surface area contributed by atoms with Crippen LogP contribution in [0.4, 0.5) is 57.1 Å². The van der Waals surface area contributed by atoms with Gasteiger partial charge in [-0.05, 0) is 60.7 Å². The highest BCUT2D eigenvalue weighted by atomic mass is 32.2. The van der Waals surface area contributed by atoms with Gasteiger partial charge in [0.1, 0.15) is 0 Å². The van der Waals surface area contributed by atoms with Crippen molar-refractivity contribution in [2.45, 2.75) is 45.1 Å². The van der Waals surface area contributed by atoms with E-state index in [9.17, 15) is 57.1 Å². The number of hydrogen-bond donors (Lipinski definition) is 0. The van der Waals surface area contributed by atoms with Crippen LogP contribution in [0.2, 0.25) is 0 Å². The molecule has 0 fully saturated rings. The van der Waals surface area contributed by atoms with Crippen LogP contribution in [0.5, 0.6) is 0 Å². The van der Waals surface area contributed by atoms with E-state index < -0.39 is 58.0 Å². The summed E-state index contributed by atoms with van der Waals surface area (Å²) in [4.78, 5) is -0.353. The molecular weight excluding hydrogens is 555 g/mol. The first-order valence-electron chi connectivity index (χ1n) is 9.78. The van der Waals surface area contributed by atoms with Crippen LogP contribution < -0.4 is 0 Å². The predicted molar refractivity (Wildman–Crippen MR) is 106 cm³/mol. The molecule has 0 aliphatic carbocycles. The van der Waals surface area contributed by atoms with Crippen molar-refractivity contribution in [1.82, 2.24) is 0 Å². The van der Waals surface area contributed by atoms with Gasteiger partial charge in [-0.2, -0.15) is 57.1 Å². The standard InChI is InChI=1S/C23H12F13S/c24-19(25,22(31,32)33)13-4-8-16(9-5-13)37(18-3-1-2-15(12-18)21(28,29)30)17-10-6-14(7-11-17)20(26,27)23(34,35)36/h1-12H/q+1. The van der Waals surface area contributed by atoms with Gasteiger partial charge in [0, 0.05) is 17.2 Å². The Morgan fingerprint density at radius 2 is 0.784 bits per heavy atom. The summed E-state index contributed by atoms with van der Waals surface area (Å²) >= 11 is 0. The summed E-state index contributed by atoms with van der Waals surface area (Å²) in [6, 6.07) is 8.27. The Bertz CT molecular complexity index is 1150. The van der Waals surface area contributed by atoms with Gasteiger partial charge in [0.05, 0.1) is 16.5 Å². The summed E-state index contributed by atoms with van der Waals surface area (Å²) < 4.78 is 171. The minimum atomic E-state index is -5.93. The SMILES string of the molecule is FC(F)(F)c1cccc([S+](c2ccc(C(F)(F)C(F)(F)F)cc2)c2ccc(C(F)(F)C(F)(F)F)cc2)c1. The molecule has 0 unspecified atom stereocenters. The Morgan fingerprint density at radius 3 is 1.11 bits per heavy atom. The molecule has 0 radical (unpaired) electrons. The van der Waals surface area contributed by atoms with E-state index in [4.69, 9.17) is 0 Å². The maximum Gasteiger partial charge on any atom is 0.458 e. The van der Waals surface area contributed by atoms with Crippen molar-refractivity contribution in [1.29, 1.82) is 0 Å². The zero-order valence-corrected chi connectivity index (χ0v) is 18.6. The first-order valence-corrected chi connectivity index (χ1v) is 11.0. The molecule has 0 nitrogen and oxygen atoms in total. The number of rotatable bonds is 5. The van der Waals surface area contributed by atoms with Crippen molar-refractivity contribution in [2.24, 2.45) is 0 Å². The van der Waals surface area contributed by atoms with Crippen molar-refractivity contribution < 1.29 is 57.1 Å². The van der Waals surface area contributed by atoms with Crippen molar-refractivity contribution in [3.63, 3.8) is 0 Å². The highest BCUT2D eigenvalue weighted by molar-refractivity contribution is 7.97. The third-order valence-electron chi connectivity index (χ3n) is 5.01.